The average molecular weight is 440 g/mol. The van der Waals surface area contributed by atoms with Gasteiger partial charge in [0.1, 0.15) is 0 Å². The molecule has 130 valence electrons. The molecule has 2 rings (SSSR count). The maximum Gasteiger partial charge on any atom is 0.193 e. The van der Waals surface area contributed by atoms with Crippen LogP contribution in [0.1, 0.15) is 33.1 Å². The summed E-state index contributed by atoms with van der Waals surface area (Å²) < 4.78 is 0. The van der Waals surface area contributed by atoms with Crippen molar-refractivity contribution in [2.45, 2.75) is 38.6 Å². The summed E-state index contributed by atoms with van der Waals surface area (Å²) in [6, 6.07) is 0. The maximum absolute atomic E-state index is 5.02. The number of nitrogens with one attached hydrogen (secondary N) is 1. The van der Waals surface area contributed by atoms with E-state index in [0.29, 0.717) is 0 Å². The molecule has 0 aromatic heterocycles. The van der Waals surface area contributed by atoms with Gasteiger partial charge in [-0.3, -0.25) is 4.99 Å². The first-order valence-corrected chi connectivity index (χ1v) is 9.51. The summed E-state index contributed by atoms with van der Waals surface area (Å²) in [4.78, 5) is 9.87. The van der Waals surface area contributed by atoms with Gasteiger partial charge in [0.2, 0.25) is 0 Å². The van der Waals surface area contributed by atoms with Crippen LogP contribution in [0.2, 0.25) is 0 Å². The number of rotatable bonds is 4. The molecule has 0 spiro atoms. The van der Waals surface area contributed by atoms with Crippen LogP contribution in [0.25, 0.3) is 0 Å². The second-order valence-corrected chi connectivity index (χ2v) is 7.89. The average Bonchev–Trinajstić information content (AvgIpc) is 2.93. The molecule has 0 aromatic rings. The van der Waals surface area contributed by atoms with Crippen LogP contribution in [0.15, 0.2) is 4.99 Å². The zero-order valence-corrected chi connectivity index (χ0v) is 17.7. The van der Waals surface area contributed by atoms with E-state index in [1.165, 1.54) is 30.8 Å². The van der Waals surface area contributed by atoms with E-state index >= 15 is 0 Å². The summed E-state index contributed by atoms with van der Waals surface area (Å²) in [6.45, 7) is 8.68. The number of halogens is 1. The summed E-state index contributed by atoms with van der Waals surface area (Å²) in [6.07, 6.45) is 3.90. The van der Waals surface area contributed by atoms with Gasteiger partial charge in [0.05, 0.1) is 6.54 Å². The van der Waals surface area contributed by atoms with Crippen molar-refractivity contribution in [3.05, 3.63) is 0 Å². The molecule has 0 bridgehead atoms. The molecule has 22 heavy (non-hydrogen) atoms. The van der Waals surface area contributed by atoms with Crippen LogP contribution >= 0.6 is 35.7 Å². The molecule has 0 amide bonds. The van der Waals surface area contributed by atoms with Crippen LogP contribution in [-0.4, -0.2) is 73.1 Å². The molecule has 0 aliphatic carbocycles. The van der Waals surface area contributed by atoms with Gasteiger partial charge in [0, 0.05) is 30.9 Å². The molecule has 1 N–H and O–H groups in total. The van der Waals surface area contributed by atoms with Crippen molar-refractivity contribution in [3.63, 3.8) is 0 Å². The number of aliphatic imine (C=N–C) groups is 1. The Labute approximate surface area is 157 Å². The van der Waals surface area contributed by atoms with E-state index in [1.807, 2.05) is 0 Å². The highest BCUT2D eigenvalue weighted by Gasteiger charge is 2.36. The Balaban J connectivity index is 0.00000242. The molecular weight excluding hydrogens is 407 g/mol. The molecule has 0 saturated carbocycles. The summed E-state index contributed by atoms with van der Waals surface area (Å²) in [5, 5.41) is 3.50. The highest BCUT2D eigenvalue weighted by atomic mass is 127. The first kappa shape index (κ1) is 20.4. The molecule has 2 saturated heterocycles. The Morgan fingerprint density at radius 2 is 2.23 bits per heavy atom. The SMILES string of the molecule is CCNC(=NCC1(N(C)C)CCSC1)N1CCCC(C)C1.I. The minimum atomic E-state index is 0. The van der Waals surface area contributed by atoms with E-state index < -0.39 is 0 Å². The highest BCUT2D eigenvalue weighted by Crippen LogP contribution is 2.32. The predicted octanol–water partition coefficient (Wildman–Crippen LogP) is 2.74. The fraction of sp³-hybridized carbons (Fsp3) is 0.938. The number of hydrogen-bond acceptors (Lipinski definition) is 3. The summed E-state index contributed by atoms with van der Waals surface area (Å²) in [7, 11) is 4.41. The minimum absolute atomic E-state index is 0. The standard InChI is InChI=1S/C16H32N4S.HI/c1-5-17-15(20-9-6-7-14(2)11-20)18-12-16(19(3)4)8-10-21-13-16;/h14H,5-13H2,1-4H3,(H,17,18);1H. The molecule has 2 atom stereocenters. The number of likely N-dealkylation sites (tertiary alicyclic amines) is 1. The first-order chi connectivity index (χ1) is 10.1. The van der Waals surface area contributed by atoms with Crippen LogP contribution in [0.4, 0.5) is 0 Å². The third kappa shape index (κ3) is 5.16. The largest absolute Gasteiger partial charge is 0.357 e. The molecular formula is C16H33IN4S. The number of piperidine rings is 1. The molecule has 2 unspecified atom stereocenters. The zero-order valence-electron chi connectivity index (χ0n) is 14.6. The Hall–Kier alpha value is 0.310. The van der Waals surface area contributed by atoms with E-state index in [9.17, 15) is 0 Å². The van der Waals surface area contributed by atoms with E-state index in [-0.39, 0.29) is 29.5 Å². The van der Waals surface area contributed by atoms with Crippen molar-refractivity contribution in [2.24, 2.45) is 10.9 Å². The van der Waals surface area contributed by atoms with Gasteiger partial charge < -0.3 is 15.1 Å². The first-order valence-electron chi connectivity index (χ1n) is 8.36. The summed E-state index contributed by atoms with van der Waals surface area (Å²) in [5.74, 6) is 4.39. The lowest BCUT2D eigenvalue weighted by molar-refractivity contribution is 0.188. The molecule has 4 nitrogen and oxygen atoms in total. The van der Waals surface area contributed by atoms with Gasteiger partial charge in [-0.15, -0.1) is 24.0 Å². The second kappa shape index (κ2) is 9.57. The van der Waals surface area contributed by atoms with Gasteiger partial charge in [-0.2, -0.15) is 11.8 Å². The van der Waals surface area contributed by atoms with Crippen molar-refractivity contribution in [1.29, 1.82) is 0 Å². The smallest absolute Gasteiger partial charge is 0.193 e. The molecule has 2 heterocycles. The van der Waals surface area contributed by atoms with Crippen molar-refractivity contribution in [2.75, 3.05) is 51.8 Å². The van der Waals surface area contributed by atoms with Crippen LogP contribution < -0.4 is 5.32 Å². The topological polar surface area (TPSA) is 30.9 Å². The molecule has 6 heteroatoms. The fourth-order valence-corrected chi connectivity index (χ4v) is 4.79. The van der Waals surface area contributed by atoms with Gasteiger partial charge in [-0.25, -0.2) is 0 Å². The Kier molecular flexibility index (Phi) is 8.85. The lowest BCUT2D eigenvalue weighted by Crippen LogP contribution is -2.50. The van der Waals surface area contributed by atoms with E-state index in [4.69, 9.17) is 4.99 Å². The van der Waals surface area contributed by atoms with E-state index in [2.05, 4.69) is 54.8 Å². The third-order valence-corrected chi connectivity index (χ3v) is 6.08. The Morgan fingerprint density at radius 3 is 2.77 bits per heavy atom. The lowest BCUT2D eigenvalue weighted by atomic mass is 9.98. The summed E-state index contributed by atoms with van der Waals surface area (Å²) in [5.41, 5.74) is 0.257. The number of nitrogens with zero attached hydrogens (tertiary/aromatic N) is 3. The highest BCUT2D eigenvalue weighted by molar-refractivity contribution is 14.0. The molecule has 0 aromatic carbocycles. The van der Waals surface area contributed by atoms with Crippen LogP contribution in [0.3, 0.4) is 0 Å². The number of guanidine groups is 1. The van der Waals surface area contributed by atoms with Gasteiger partial charge in [-0.1, -0.05) is 6.92 Å². The van der Waals surface area contributed by atoms with Crippen molar-refractivity contribution in [1.82, 2.24) is 15.1 Å². The lowest BCUT2D eigenvalue weighted by Gasteiger charge is -2.36. The van der Waals surface area contributed by atoms with E-state index in [0.717, 1.165) is 38.1 Å². The molecule has 2 fully saturated rings. The third-order valence-electron chi connectivity index (χ3n) is 4.85. The summed E-state index contributed by atoms with van der Waals surface area (Å²) >= 11 is 2.07. The molecule has 2 aliphatic rings. The van der Waals surface area contributed by atoms with Crippen LogP contribution in [0.5, 0.6) is 0 Å². The second-order valence-electron chi connectivity index (χ2n) is 6.78. The number of thioether (sulfide) groups is 1. The van der Waals surface area contributed by atoms with Gasteiger partial charge in [-0.05, 0) is 52.0 Å². The Morgan fingerprint density at radius 1 is 1.45 bits per heavy atom. The van der Waals surface area contributed by atoms with E-state index in [1.54, 1.807) is 0 Å². The van der Waals surface area contributed by atoms with Crippen LogP contribution in [-0.2, 0) is 0 Å². The van der Waals surface area contributed by atoms with Crippen LogP contribution in [0, 0.1) is 5.92 Å². The van der Waals surface area contributed by atoms with Gasteiger partial charge in [0.25, 0.3) is 0 Å². The van der Waals surface area contributed by atoms with Gasteiger partial charge >= 0.3 is 0 Å². The maximum atomic E-state index is 5.02. The monoisotopic (exact) mass is 440 g/mol. The normalized spacial score (nSPS) is 29.6. The number of likely N-dealkylation sites (N-methyl/N-ethyl adjacent to an activating group) is 1. The van der Waals surface area contributed by atoms with Gasteiger partial charge in [0.15, 0.2) is 5.96 Å². The quantitative estimate of drug-likeness (QED) is 0.414. The zero-order chi connectivity index (χ0) is 15.3. The minimum Gasteiger partial charge on any atom is -0.357 e. The molecule has 2 aliphatic heterocycles. The van der Waals surface area contributed by atoms with Crippen molar-refractivity contribution in [3.8, 4) is 0 Å². The molecule has 0 radical (unpaired) electrons. The number of hydrogen-bond donors (Lipinski definition) is 1. The van der Waals surface area contributed by atoms with Crippen molar-refractivity contribution >= 4 is 41.7 Å². The Bertz CT molecular complexity index is 356. The van der Waals surface area contributed by atoms with Crippen molar-refractivity contribution < 1.29 is 0 Å². The fourth-order valence-electron chi connectivity index (χ4n) is 3.24. The predicted molar refractivity (Wildman–Crippen MR) is 110 cm³/mol.